The minimum absolute atomic E-state index is 0. The van der Waals surface area contributed by atoms with Gasteiger partial charge < -0.3 is 0 Å². The van der Waals surface area contributed by atoms with Gasteiger partial charge in [0, 0.05) is 0 Å². The van der Waals surface area contributed by atoms with E-state index in [2.05, 4.69) is 13.3 Å². The summed E-state index contributed by atoms with van der Waals surface area (Å²) in [6, 6.07) is 0. The van der Waals surface area contributed by atoms with E-state index >= 15 is 0 Å². The predicted molar refractivity (Wildman–Crippen MR) is 31.6 cm³/mol. The van der Waals surface area contributed by atoms with Gasteiger partial charge in [-0.05, 0) is 0 Å². The van der Waals surface area contributed by atoms with Gasteiger partial charge in [0.2, 0.25) is 0 Å². The molecule has 0 aromatic rings. The van der Waals surface area contributed by atoms with Gasteiger partial charge in [-0.3, -0.25) is 0 Å². The van der Waals surface area contributed by atoms with Gasteiger partial charge in [0.15, 0.2) is 0 Å². The molecular weight excluding hydrogens is 705 g/mol. The Morgan fingerprint density at radius 2 is 0.611 bits per heavy atom. The first-order valence-electron chi connectivity index (χ1n) is 2.27. The quantitative estimate of drug-likeness (QED) is 0.160. The standard InChI is InChI=1S/2CO.Au.11FH.2Sb/c2*1-2;;;;;;;;;;;;;;/h;;;11*1H;;/q;;+1;;;;;;;;;;;;2*+5/p-11. The van der Waals surface area contributed by atoms with E-state index in [1.54, 1.807) is 0 Å². The fraction of sp³-hybridized carbons (Fsp3) is 0. The summed E-state index contributed by atoms with van der Waals surface area (Å²) in [5, 5.41) is 0. The second kappa shape index (κ2) is 7.76. The van der Waals surface area contributed by atoms with Crippen LogP contribution in [0.1, 0.15) is 0 Å². The third-order valence-electron chi connectivity index (χ3n) is 0. The molecule has 18 heavy (non-hydrogen) atoms. The molecular formula is C2AuF11O2Sb2. The van der Waals surface area contributed by atoms with Crippen LogP contribution in [-0.4, -0.2) is 39.8 Å². The molecule has 0 rings (SSSR count). The van der Waals surface area contributed by atoms with Crippen molar-refractivity contribution in [2.24, 2.45) is 0 Å². The van der Waals surface area contributed by atoms with E-state index in [9.17, 15) is 30.9 Å². The van der Waals surface area contributed by atoms with Crippen molar-refractivity contribution >= 4 is 39.8 Å². The summed E-state index contributed by atoms with van der Waals surface area (Å²) in [7, 11) is 0. The van der Waals surface area contributed by atoms with Crippen LogP contribution in [0.2, 0.25) is 0 Å². The van der Waals surface area contributed by atoms with Crippen molar-refractivity contribution in [2.75, 3.05) is 0 Å². The molecule has 0 aromatic heterocycles. The zero-order valence-electron chi connectivity index (χ0n) is 7.17. The first kappa shape index (κ1) is 31.5. The molecule has 0 aliphatic carbocycles. The van der Waals surface area contributed by atoms with Crippen molar-refractivity contribution < 1.29 is 62.6 Å². The van der Waals surface area contributed by atoms with Crippen molar-refractivity contribution in [3.63, 3.8) is 0 Å². The van der Waals surface area contributed by atoms with Crippen LogP contribution in [0.15, 0.2) is 0 Å². The first-order valence-corrected chi connectivity index (χ1v) is 12.9. The number of rotatable bonds is 0. The van der Waals surface area contributed by atoms with Gasteiger partial charge >= 0.3 is 116 Å². The zero-order chi connectivity index (χ0) is 15.9. The van der Waals surface area contributed by atoms with Gasteiger partial charge in [0.25, 0.3) is 0 Å². The van der Waals surface area contributed by atoms with Crippen molar-refractivity contribution in [2.45, 2.75) is 0 Å². The molecule has 2 nitrogen and oxygen atoms in total. The topological polar surface area (TPSA) is 39.8 Å². The van der Waals surface area contributed by atoms with Gasteiger partial charge in [-0.25, -0.2) is 0 Å². The SMILES string of the molecule is [Au+].[C-]#[O+].[C-]#[O+].[F][Sb-]([F])([F])([F])([F])[F].[F][Sb]([F])([F])([F])[F]. The monoisotopic (exact) mass is 704 g/mol. The Kier molecular flexibility index (Phi) is 13.6. The summed E-state index contributed by atoms with van der Waals surface area (Å²) >= 11 is -20.4. The Hall–Kier alpha value is 1.09. The second-order valence-electron chi connectivity index (χ2n) is 1.60. The van der Waals surface area contributed by atoms with E-state index in [4.69, 9.17) is 9.30 Å². The molecule has 0 fully saturated rings. The molecule has 0 saturated carbocycles. The Balaban J connectivity index is -0.0000000471. The average molecular weight is 705 g/mol. The van der Waals surface area contributed by atoms with E-state index in [-0.39, 0.29) is 22.4 Å². The van der Waals surface area contributed by atoms with Crippen molar-refractivity contribution in [3.8, 4) is 0 Å². The van der Waals surface area contributed by atoms with Crippen LogP contribution in [0.25, 0.3) is 0 Å². The Labute approximate surface area is 115 Å². The van der Waals surface area contributed by atoms with Crippen molar-refractivity contribution in [1.29, 1.82) is 0 Å². The molecule has 16 heteroatoms. The van der Waals surface area contributed by atoms with Gasteiger partial charge in [0.1, 0.15) is 0 Å². The van der Waals surface area contributed by atoms with Crippen LogP contribution in [0, 0.1) is 13.3 Å². The van der Waals surface area contributed by atoms with Gasteiger partial charge in [-0.15, -0.1) is 0 Å². The van der Waals surface area contributed by atoms with E-state index in [0.717, 1.165) is 0 Å². The van der Waals surface area contributed by atoms with Gasteiger partial charge in [-0.2, -0.15) is 0 Å². The molecule has 0 bridgehead atoms. The van der Waals surface area contributed by atoms with Crippen LogP contribution in [0.3, 0.4) is 0 Å². The molecule has 0 radical (unpaired) electrons. The molecule has 0 N–H and O–H groups in total. The zero-order valence-corrected chi connectivity index (χ0v) is 14.4. The third kappa shape index (κ3) is 3740. The summed E-state index contributed by atoms with van der Waals surface area (Å²) in [5.41, 5.74) is 0. The summed E-state index contributed by atoms with van der Waals surface area (Å²) in [5.74, 6) is 0. The van der Waals surface area contributed by atoms with Crippen molar-refractivity contribution in [3.05, 3.63) is 13.3 Å². The van der Waals surface area contributed by atoms with E-state index in [1.165, 1.54) is 0 Å². The van der Waals surface area contributed by atoms with Gasteiger partial charge in [-0.1, -0.05) is 0 Å². The molecule has 0 heterocycles. The number of hydrogen-bond donors (Lipinski definition) is 0. The van der Waals surface area contributed by atoms with Crippen LogP contribution in [-0.2, 0) is 31.7 Å². The number of hydrogen-bond acceptors (Lipinski definition) is 0. The maximum atomic E-state index is 9.93. The molecule has 0 spiro atoms. The fourth-order valence-electron chi connectivity index (χ4n) is 0. The van der Waals surface area contributed by atoms with Crippen LogP contribution in [0.5, 0.6) is 0 Å². The Morgan fingerprint density at radius 1 is 0.611 bits per heavy atom. The molecule has 0 aromatic carbocycles. The molecule has 0 aliphatic rings. The van der Waals surface area contributed by atoms with E-state index < -0.39 is 39.8 Å². The first-order chi connectivity index (χ1) is 6.69. The molecule has 0 amide bonds. The van der Waals surface area contributed by atoms with Gasteiger partial charge in [0.05, 0.1) is 0 Å². The van der Waals surface area contributed by atoms with Crippen LogP contribution in [0.4, 0.5) is 30.9 Å². The molecule has 0 atom stereocenters. The maximum absolute atomic E-state index is 11.2. The average Bonchev–Trinajstić information content (AvgIpc) is 1.82. The van der Waals surface area contributed by atoms with E-state index in [0.29, 0.717) is 0 Å². The van der Waals surface area contributed by atoms with Crippen LogP contribution >= 0.6 is 0 Å². The number of halogens is 11. The molecule has 0 saturated heterocycles. The fourth-order valence-corrected chi connectivity index (χ4v) is 0. The molecule has 0 unspecified atom stereocenters. The Bertz CT molecular complexity index is 231. The summed E-state index contributed by atoms with van der Waals surface area (Å²) in [6.07, 6.45) is 0. The Morgan fingerprint density at radius 3 is 0.611 bits per heavy atom. The van der Waals surface area contributed by atoms with Crippen molar-refractivity contribution in [1.82, 2.24) is 0 Å². The second-order valence-corrected chi connectivity index (χ2v) is 10.7. The normalized spacial score (nSPS) is 15.6. The van der Waals surface area contributed by atoms with E-state index in [1.807, 2.05) is 0 Å². The summed E-state index contributed by atoms with van der Waals surface area (Å²) < 4.78 is 124. The molecule has 0 aliphatic heterocycles. The third-order valence-corrected chi connectivity index (χ3v) is 0. The summed E-state index contributed by atoms with van der Waals surface area (Å²) in [6.45, 7) is 9.00. The molecule has 118 valence electrons. The minimum atomic E-state index is -11.2. The summed E-state index contributed by atoms with van der Waals surface area (Å²) in [4.78, 5) is 0. The van der Waals surface area contributed by atoms with Crippen LogP contribution < -0.4 is 0 Å². The predicted octanol–water partition coefficient (Wildman–Crippen LogP) is 3.78.